The van der Waals surface area contributed by atoms with E-state index >= 15 is 0 Å². The van der Waals surface area contributed by atoms with Crippen LogP contribution in [-0.4, -0.2) is 58.3 Å². The summed E-state index contributed by atoms with van der Waals surface area (Å²) in [5.41, 5.74) is 5.07. The first-order valence-electron chi connectivity index (χ1n) is 13.6. The molecule has 0 aromatic heterocycles. The van der Waals surface area contributed by atoms with Gasteiger partial charge in [-0.15, -0.1) is 0 Å². The highest BCUT2D eigenvalue weighted by Crippen LogP contribution is 2.27. The van der Waals surface area contributed by atoms with E-state index in [1.54, 1.807) is 74.4 Å². The number of anilines is 1. The summed E-state index contributed by atoms with van der Waals surface area (Å²) in [5, 5.41) is 18.6. The molecule has 0 aliphatic rings. The number of amides is 3. The van der Waals surface area contributed by atoms with Crippen molar-refractivity contribution in [3.8, 4) is 5.75 Å². The molecule has 0 saturated heterocycles. The SMILES string of the molecule is CC(N)C(=O)NC(C(=O)Nc1cc(C[C@@H](C[C@H](C)C(=O)OC(C)(C)C)NC(=O)OC(C)(C)C)ccc1O)C(C)C. The van der Waals surface area contributed by atoms with Crippen molar-refractivity contribution in [3.63, 3.8) is 0 Å². The van der Waals surface area contributed by atoms with E-state index < -0.39 is 59.1 Å². The van der Waals surface area contributed by atoms with E-state index in [1.807, 2.05) is 0 Å². The zero-order chi connectivity index (χ0) is 31.0. The van der Waals surface area contributed by atoms with Gasteiger partial charge < -0.3 is 36.3 Å². The number of carbonyl (C=O) groups is 4. The fraction of sp³-hybridized carbons (Fsp3) is 0.655. The Bertz CT molecular complexity index is 1040. The first-order valence-corrected chi connectivity index (χ1v) is 13.6. The molecule has 40 heavy (non-hydrogen) atoms. The summed E-state index contributed by atoms with van der Waals surface area (Å²) in [6.45, 7) is 17.4. The number of rotatable bonds is 11. The van der Waals surface area contributed by atoms with Crippen LogP contribution in [0.25, 0.3) is 0 Å². The van der Waals surface area contributed by atoms with Gasteiger partial charge in [0.15, 0.2) is 0 Å². The lowest BCUT2D eigenvalue weighted by molar-refractivity contribution is -0.159. The molecule has 0 spiro atoms. The van der Waals surface area contributed by atoms with Crippen molar-refractivity contribution < 1.29 is 33.8 Å². The van der Waals surface area contributed by atoms with Crippen molar-refractivity contribution >= 4 is 29.6 Å². The van der Waals surface area contributed by atoms with Crippen LogP contribution >= 0.6 is 0 Å². The van der Waals surface area contributed by atoms with Gasteiger partial charge in [0, 0.05) is 6.04 Å². The van der Waals surface area contributed by atoms with Gasteiger partial charge in [-0.1, -0.05) is 26.8 Å². The Labute approximate surface area is 237 Å². The van der Waals surface area contributed by atoms with E-state index in [0.717, 1.165) is 0 Å². The van der Waals surface area contributed by atoms with E-state index in [-0.39, 0.29) is 30.2 Å². The molecule has 2 unspecified atom stereocenters. The van der Waals surface area contributed by atoms with Gasteiger partial charge in [0.25, 0.3) is 0 Å². The van der Waals surface area contributed by atoms with Crippen molar-refractivity contribution in [2.75, 3.05) is 5.32 Å². The minimum atomic E-state index is -0.877. The molecule has 0 aliphatic heterocycles. The van der Waals surface area contributed by atoms with Gasteiger partial charge in [0.1, 0.15) is 23.0 Å². The van der Waals surface area contributed by atoms with Crippen LogP contribution in [0.5, 0.6) is 5.75 Å². The zero-order valence-electron chi connectivity index (χ0n) is 25.5. The van der Waals surface area contributed by atoms with E-state index in [0.29, 0.717) is 5.56 Å². The summed E-state index contributed by atoms with van der Waals surface area (Å²) in [5.74, 6) is -2.33. The van der Waals surface area contributed by atoms with Gasteiger partial charge >= 0.3 is 12.1 Å². The molecule has 0 fully saturated rings. The van der Waals surface area contributed by atoms with Gasteiger partial charge in [0.05, 0.1) is 17.6 Å². The highest BCUT2D eigenvalue weighted by Gasteiger charge is 2.28. The number of esters is 1. The third kappa shape index (κ3) is 12.7. The third-order valence-electron chi connectivity index (χ3n) is 5.63. The quantitative estimate of drug-likeness (QED) is 0.200. The van der Waals surface area contributed by atoms with Crippen LogP contribution in [-0.2, 0) is 30.3 Å². The number of phenols is 1. The molecule has 1 aromatic rings. The van der Waals surface area contributed by atoms with Crippen LogP contribution < -0.4 is 21.7 Å². The second kappa shape index (κ2) is 14.3. The Morgan fingerprint density at radius 3 is 1.98 bits per heavy atom. The number of alkyl carbamates (subject to hydrolysis) is 1. The fourth-order valence-electron chi connectivity index (χ4n) is 3.72. The number of ether oxygens (including phenoxy) is 2. The number of hydrogen-bond acceptors (Lipinski definition) is 8. The van der Waals surface area contributed by atoms with Gasteiger partial charge in [-0.25, -0.2) is 4.79 Å². The van der Waals surface area contributed by atoms with Gasteiger partial charge in [-0.2, -0.15) is 0 Å². The second-order valence-corrected chi connectivity index (χ2v) is 12.6. The molecule has 6 N–H and O–H groups in total. The Kier molecular flexibility index (Phi) is 12.4. The molecule has 0 saturated carbocycles. The van der Waals surface area contributed by atoms with Gasteiger partial charge in [-0.3, -0.25) is 14.4 Å². The Morgan fingerprint density at radius 2 is 1.48 bits per heavy atom. The molecule has 3 amide bonds. The van der Waals surface area contributed by atoms with Gasteiger partial charge in [-0.05, 0) is 84.9 Å². The van der Waals surface area contributed by atoms with Crippen LogP contribution in [0.2, 0.25) is 0 Å². The van der Waals surface area contributed by atoms with Crippen molar-refractivity contribution in [3.05, 3.63) is 23.8 Å². The first-order chi connectivity index (χ1) is 18.2. The molecule has 226 valence electrons. The third-order valence-corrected chi connectivity index (χ3v) is 5.63. The maximum atomic E-state index is 13.0. The molecular formula is C29H48N4O7. The predicted molar refractivity (Wildman–Crippen MR) is 154 cm³/mol. The lowest BCUT2D eigenvalue weighted by atomic mass is 9.95. The molecule has 0 heterocycles. The Hall–Kier alpha value is -3.34. The normalized spacial score (nSPS) is 14.9. The highest BCUT2D eigenvalue weighted by atomic mass is 16.6. The van der Waals surface area contributed by atoms with Crippen molar-refractivity contribution in [2.45, 2.75) is 111 Å². The zero-order valence-corrected chi connectivity index (χ0v) is 25.5. The maximum Gasteiger partial charge on any atom is 0.407 e. The number of aromatic hydroxyl groups is 1. The molecule has 11 heteroatoms. The summed E-state index contributed by atoms with van der Waals surface area (Å²) in [6, 6.07) is 2.47. The lowest BCUT2D eigenvalue weighted by Gasteiger charge is -2.27. The lowest BCUT2D eigenvalue weighted by Crippen LogP contribution is -2.51. The van der Waals surface area contributed by atoms with Crippen molar-refractivity contribution in [1.82, 2.24) is 10.6 Å². The predicted octanol–water partition coefficient (Wildman–Crippen LogP) is 3.62. The molecule has 1 rings (SSSR count). The summed E-state index contributed by atoms with van der Waals surface area (Å²) in [7, 11) is 0. The largest absolute Gasteiger partial charge is 0.506 e. The van der Waals surface area contributed by atoms with E-state index in [4.69, 9.17) is 15.2 Å². The minimum Gasteiger partial charge on any atom is -0.506 e. The van der Waals surface area contributed by atoms with Crippen molar-refractivity contribution in [2.24, 2.45) is 17.6 Å². The number of hydrogen-bond donors (Lipinski definition) is 5. The monoisotopic (exact) mass is 564 g/mol. The number of nitrogens with one attached hydrogen (secondary N) is 3. The average molecular weight is 565 g/mol. The number of phenolic OH excluding ortho intramolecular Hbond substituents is 1. The summed E-state index contributed by atoms with van der Waals surface area (Å²) < 4.78 is 10.9. The fourth-order valence-corrected chi connectivity index (χ4v) is 3.72. The van der Waals surface area contributed by atoms with Gasteiger partial charge in [0.2, 0.25) is 11.8 Å². The summed E-state index contributed by atoms with van der Waals surface area (Å²) >= 11 is 0. The van der Waals surface area contributed by atoms with Crippen LogP contribution in [0.3, 0.4) is 0 Å². The summed E-state index contributed by atoms with van der Waals surface area (Å²) in [4.78, 5) is 50.3. The van der Waals surface area contributed by atoms with Crippen LogP contribution in [0.4, 0.5) is 10.5 Å². The summed E-state index contributed by atoms with van der Waals surface area (Å²) in [6.07, 6.45) is -0.106. The molecular weight excluding hydrogens is 516 g/mol. The molecule has 0 bridgehead atoms. The Balaban J connectivity index is 3.18. The first kappa shape index (κ1) is 34.7. The van der Waals surface area contributed by atoms with Crippen LogP contribution in [0.1, 0.15) is 81.2 Å². The van der Waals surface area contributed by atoms with Crippen molar-refractivity contribution in [1.29, 1.82) is 0 Å². The maximum absolute atomic E-state index is 13.0. The Morgan fingerprint density at radius 1 is 0.900 bits per heavy atom. The highest BCUT2D eigenvalue weighted by molar-refractivity contribution is 5.98. The molecule has 0 radical (unpaired) electrons. The average Bonchev–Trinajstić information content (AvgIpc) is 2.76. The number of carbonyl (C=O) groups excluding carboxylic acids is 4. The minimum absolute atomic E-state index is 0.138. The van der Waals surface area contributed by atoms with Crippen LogP contribution in [0, 0.1) is 11.8 Å². The van der Waals surface area contributed by atoms with E-state index in [9.17, 15) is 24.3 Å². The second-order valence-electron chi connectivity index (χ2n) is 12.6. The van der Waals surface area contributed by atoms with E-state index in [2.05, 4.69) is 16.0 Å². The number of nitrogens with two attached hydrogens (primary N) is 1. The molecule has 11 nitrogen and oxygen atoms in total. The standard InChI is InChI=1S/C29H48N4O7/c1-16(2)23(33-24(35)18(4)30)25(36)32-21-15-19(11-12-22(21)34)14-20(31-27(38)40-29(8,9)10)13-17(3)26(37)39-28(5,6)7/h11-12,15-18,20,23,34H,13-14,30H2,1-10H3,(H,31,38)(H,32,36)(H,33,35)/t17-,18?,20+,23?/m0/s1. The topological polar surface area (TPSA) is 169 Å². The molecule has 0 aliphatic carbocycles. The smallest absolute Gasteiger partial charge is 0.407 e. The molecule has 1 aromatic carbocycles. The number of benzene rings is 1. The van der Waals surface area contributed by atoms with E-state index in [1.165, 1.54) is 13.0 Å². The molecule has 4 atom stereocenters. The van der Waals surface area contributed by atoms with Crippen LogP contribution in [0.15, 0.2) is 18.2 Å².